The molecule has 0 bridgehead atoms. The quantitative estimate of drug-likeness (QED) is 0.441. The molecule has 0 aromatic carbocycles. The van der Waals surface area contributed by atoms with Crippen molar-refractivity contribution < 1.29 is 10.0 Å². The number of nitro groups is 1. The third kappa shape index (κ3) is 1.18. The fourth-order valence-electron chi connectivity index (χ4n) is 0.599. The van der Waals surface area contributed by atoms with Crippen LogP contribution in [0, 0.1) is 10.1 Å². The molecule has 0 fully saturated rings. The zero-order valence-corrected chi connectivity index (χ0v) is 5.27. The predicted octanol–water partition coefficient (Wildman–Crippen LogP) is -0.0113. The van der Waals surface area contributed by atoms with E-state index in [2.05, 4.69) is 4.98 Å². The number of aromatic nitrogens is 1. The molecule has 1 heterocycles. The van der Waals surface area contributed by atoms with Crippen molar-refractivity contribution in [2.75, 3.05) is 0 Å². The van der Waals surface area contributed by atoms with Gasteiger partial charge in [-0.2, -0.15) is 0 Å². The Bertz CT molecular complexity index is 343. The number of aromatic amines is 1. The Labute approximate surface area is 60.3 Å². The third-order valence-electron chi connectivity index (χ3n) is 1.10. The van der Waals surface area contributed by atoms with Crippen molar-refractivity contribution in [3.63, 3.8) is 0 Å². The summed E-state index contributed by atoms with van der Waals surface area (Å²) in [6.07, 6.45) is 1.10. The summed E-state index contributed by atoms with van der Waals surface area (Å²) in [7, 11) is 0. The summed E-state index contributed by atoms with van der Waals surface area (Å²) in [6.45, 7) is 0. The Hall–Kier alpha value is -1.85. The first-order valence-electron chi connectivity index (χ1n) is 2.68. The molecular formula is C5H4N2O4. The minimum atomic E-state index is -0.864. The summed E-state index contributed by atoms with van der Waals surface area (Å²) in [5, 5.41) is 18.8. The van der Waals surface area contributed by atoms with Gasteiger partial charge in [0.1, 0.15) is 0 Å². The third-order valence-corrected chi connectivity index (χ3v) is 1.10. The SMILES string of the molecule is O=c1cc[nH]c([N+](=O)[O-])c1O. The van der Waals surface area contributed by atoms with Crippen molar-refractivity contribution in [3.05, 3.63) is 32.6 Å². The Balaban J connectivity index is 3.39. The van der Waals surface area contributed by atoms with Crippen LogP contribution < -0.4 is 5.43 Å². The number of rotatable bonds is 1. The van der Waals surface area contributed by atoms with E-state index < -0.39 is 21.9 Å². The summed E-state index contributed by atoms with van der Waals surface area (Å²) in [6, 6.07) is 1.00. The summed E-state index contributed by atoms with van der Waals surface area (Å²) in [4.78, 5) is 21.9. The van der Waals surface area contributed by atoms with Gasteiger partial charge in [-0.1, -0.05) is 0 Å². The molecule has 0 radical (unpaired) electrons. The van der Waals surface area contributed by atoms with Gasteiger partial charge in [-0.25, -0.2) is 4.98 Å². The average molecular weight is 156 g/mol. The lowest BCUT2D eigenvalue weighted by Crippen LogP contribution is -2.03. The number of nitrogens with zero attached hydrogens (tertiary/aromatic N) is 1. The van der Waals surface area contributed by atoms with Crippen LogP contribution in [0.1, 0.15) is 0 Å². The summed E-state index contributed by atoms with van der Waals surface area (Å²) in [5.41, 5.74) is -0.768. The lowest BCUT2D eigenvalue weighted by Gasteiger charge is -1.93. The molecule has 0 spiro atoms. The van der Waals surface area contributed by atoms with Gasteiger partial charge in [-0.15, -0.1) is 0 Å². The van der Waals surface area contributed by atoms with Crippen LogP contribution in [0.5, 0.6) is 5.75 Å². The lowest BCUT2D eigenvalue weighted by molar-refractivity contribution is -0.390. The fraction of sp³-hybridized carbons (Fsp3) is 0. The topological polar surface area (TPSA) is 96.2 Å². The van der Waals surface area contributed by atoms with Gasteiger partial charge in [0.15, 0.2) is 0 Å². The van der Waals surface area contributed by atoms with Crippen LogP contribution in [0.25, 0.3) is 0 Å². The number of H-pyrrole nitrogens is 1. The number of nitrogens with one attached hydrogen (secondary N) is 1. The van der Waals surface area contributed by atoms with E-state index in [-0.39, 0.29) is 0 Å². The van der Waals surface area contributed by atoms with Crippen molar-refractivity contribution in [1.82, 2.24) is 4.98 Å². The maximum atomic E-state index is 10.6. The largest absolute Gasteiger partial charge is 0.498 e. The Morgan fingerprint density at radius 3 is 2.73 bits per heavy atom. The highest BCUT2D eigenvalue weighted by atomic mass is 16.6. The molecule has 0 aliphatic carbocycles. The molecule has 0 unspecified atom stereocenters. The summed E-state index contributed by atoms with van der Waals surface area (Å²) in [5.74, 6) is -1.55. The van der Waals surface area contributed by atoms with Crippen LogP contribution in [0.3, 0.4) is 0 Å². The van der Waals surface area contributed by atoms with Gasteiger partial charge >= 0.3 is 5.82 Å². The van der Waals surface area contributed by atoms with E-state index in [4.69, 9.17) is 5.11 Å². The van der Waals surface area contributed by atoms with Crippen LogP contribution in [0.4, 0.5) is 5.82 Å². The number of hydrogen-bond acceptors (Lipinski definition) is 4. The maximum absolute atomic E-state index is 10.6. The minimum Gasteiger partial charge on any atom is -0.498 e. The van der Waals surface area contributed by atoms with Gasteiger partial charge < -0.3 is 15.2 Å². The van der Waals surface area contributed by atoms with E-state index in [0.717, 1.165) is 12.3 Å². The highest BCUT2D eigenvalue weighted by Crippen LogP contribution is 2.15. The Morgan fingerprint density at radius 2 is 2.27 bits per heavy atom. The van der Waals surface area contributed by atoms with Crippen molar-refractivity contribution >= 4 is 5.82 Å². The molecule has 58 valence electrons. The van der Waals surface area contributed by atoms with Crippen LogP contribution in [-0.2, 0) is 0 Å². The van der Waals surface area contributed by atoms with Crippen molar-refractivity contribution in [2.45, 2.75) is 0 Å². The maximum Gasteiger partial charge on any atom is 0.367 e. The van der Waals surface area contributed by atoms with E-state index in [1.165, 1.54) is 0 Å². The molecular weight excluding hydrogens is 152 g/mol. The van der Waals surface area contributed by atoms with Gasteiger partial charge in [0.2, 0.25) is 5.43 Å². The lowest BCUT2D eigenvalue weighted by atomic mass is 10.4. The molecule has 0 saturated carbocycles. The van der Waals surface area contributed by atoms with E-state index in [1.807, 2.05) is 0 Å². The smallest absolute Gasteiger partial charge is 0.367 e. The molecule has 0 amide bonds. The first-order valence-corrected chi connectivity index (χ1v) is 2.68. The second-order valence-corrected chi connectivity index (χ2v) is 1.80. The summed E-state index contributed by atoms with van der Waals surface area (Å²) < 4.78 is 0. The first-order chi connectivity index (χ1) is 5.13. The van der Waals surface area contributed by atoms with E-state index in [9.17, 15) is 14.9 Å². The van der Waals surface area contributed by atoms with Gasteiger partial charge in [0, 0.05) is 6.07 Å². The summed E-state index contributed by atoms with van der Waals surface area (Å²) >= 11 is 0. The Morgan fingerprint density at radius 1 is 1.64 bits per heavy atom. The van der Waals surface area contributed by atoms with Crippen LogP contribution in [-0.4, -0.2) is 15.0 Å². The second kappa shape index (κ2) is 2.41. The highest BCUT2D eigenvalue weighted by molar-refractivity contribution is 5.36. The Kier molecular flexibility index (Phi) is 1.59. The van der Waals surface area contributed by atoms with E-state index in [1.54, 1.807) is 0 Å². The zero-order valence-electron chi connectivity index (χ0n) is 5.27. The average Bonchev–Trinajstić information content (AvgIpc) is 1.94. The van der Waals surface area contributed by atoms with Crippen LogP contribution in [0.15, 0.2) is 17.1 Å². The number of pyridine rings is 1. The van der Waals surface area contributed by atoms with E-state index >= 15 is 0 Å². The molecule has 0 aliphatic rings. The molecule has 2 N–H and O–H groups in total. The van der Waals surface area contributed by atoms with Crippen LogP contribution in [0.2, 0.25) is 0 Å². The first kappa shape index (κ1) is 7.26. The van der Waals surface area contributed by atoms with Crippen LogP contribution >= 0.6 is 0 Å². The molecule has 11 heavy (non-hydrogen) atoms. The normalized spacial score (nSPS) is 9.45. The molecule has 0 saturated heterocycles. The van der Waals surface area contributed by atoms with E-state index in [0.29, 0.717) is 0 Å². The predicted molar refractivity (Wildman–Crippen MR) is 35.4 cm³/mol. The molecule has 1 aromatic rings. The zero-order chi connectivity index (χ0) is 8.43. The molecule has 1 aromatic heterocycles. The minimum absolute atomic E-state index is 0.683. The number of hydrogen-bond donors (Lipinski definition) is 2. The molecule has 1 rings (SSSR count). The van der Waals surface area contributed by atoms with Gasteiger partial charge in [-0.05, 0) is 4.92 Å². The van der Waals surface area contributed by atoms with Crippen molar-refractivity contribution in [2.24, 2.45) is 0 Å². The second-order valence-electron chi connectivity index (χ2n) is 1.80. The molecule has 6 heteroatoms. The van der Waals surface area contributed by atoms with Gasteiger partial charge in [-0.3, -0.25) is 4.79 Å². The van der Waals surface area contributed by atoms with Crippen molar-refractivity contribution in [1.29, 1.82) is 0 Å². The van der Waals surface area contributed by atoms with Crippen molar-refractivity contribution in [3.8, 4) is 5.75 Å². The van der Waals surface area contributed by atoms with Gasteiger partial charge in [0.25, 0.3) is 5.75 Å². The van der Waals surface area contributed by atoms with Gasteiger partial charge in [0.05, 0.1) is 6.20 Å². The molecule has 0 aliphatic heterocycles. The molecule has 0 atom stereocenters. The monoisotopic (exact) mass is 156 g/mol. The molecule has 6 nitrogen and oxygen atoms in total. The highest BCUT2D eigenvalue weighted by Gasteiger charge is 2.13. The number of aromatic hydroxyl groups is 1. The fourth-order valence-corrected chi connectivity index (χ4v) is 0.599. The standard InChI is InChI=1S/C5H4N2O4/c8-3-1-2-6-5(4(3)9)7(10)11/h1-2,9H,(H,6,8).